The van der Waals surface area contributed by atoms with Crippen LogP contribution in [0.15, 0.2) is 48.5 Å². The smallest absolute Gasteiger partial charge is 0.282 e. The van der Waals surface area contributed by atoms with Crippen LogP contribution < -0.4 is 15.7 Å². The summed E-state index contributed by atoms with van der Waals surface area (Å²) in [6.45, 7) is 0. The molecule has 2 aromatic rings. The van der Waals surface area contributed by atoms with E-state index in [0.717, 1.165) is 0 Å². The molecule has 0 aliphatic heterocycles. The second-order valence-corrected chi connectivity index (χ2v) is 4.92. The third-order valence-corrected chi connectivity index (χ3v) is 3.17. The zero-order valence-corrected chi connectivity index (χ0v) is 12.8. The predicted octanol–water partition coefficient (Wildman–Crippen LogP) is 1.09. The molecule has 0 saturated heterocycles. The van der Waals surface area contributed by atoms with Gasteiger partial charge in [0, 0.05) is 17.3 Å². The molecule has 0 saturated carbocycles. The van der Waals surface area contributed by atoms with E-state index in [9.17, 15) is 24.8 Å². The standard InChI is InChI=1S/C15H11N3O5S/c19-13(10-6-2-4-8-12(10)18(22)23)17-15(24)16-11-7-3-1-5-9(11)14(20)21/h1-8H,(H,20,21)(H2,16,17,19,24)/p-1. The first-order valence-corrected chi connectivity index (χ1v) is 6.97. The van der Waals surface area contributed by atoms with E-state index in [2.05, 4.69) is 10.6 Å². The molecule has 0 radical (unpaired) electrons. The highest BCUT2D eigenvalue weighted by Crippen LogP contribution is 2.18. The lowest BCUT2D eigenvalue weighted by Gasteiger charge is -2.13. The van der Waals surface area contributed by atoms with Gasteiger partial charge in [0.05, 0.1) is 10.9 Å². The third-order valence-electron chi connectivity index (χ3n) is 2.97. The van der Waals surface area contributed by atoms with E-state index < -0.39 is 16.8 Å². The molecule has 2 aromatic carbocycles. The molecule has 0 atom stereocenters. The summed E-state index contributed by atoms with van der Waals surface area (Å²) in [5, 5.41) is 26.6. The van der Waals surface area contributed by atoms with Crippen molar-refractivity contribution in [2.24, 2.45) is 0 Å². The Bertz CT molecular complexity index is 837. The number of nitrogens with zero attached hydrogens (tertiary/aromatic N) is 1. The summed E-state index contributed by atoms with van der Waals surface area (Å²) in [6, 6.07) is 11.2. The van der Waals surface area contributed by atoms with E-state index in [-0.39, 0.29) is 27.6 Å². The van der Waals surface area contributed by atoms with Crippen molar-refractivity contribution in [2.45, 2.75) is 0 Å². The number of benzene rings is 2. The Morgan fingerprint density at radius 2 is 1.58 bits per heavy atom. The molecule has 0 unspecified atom stereocenters. The molecule has 0 spiro atoms. The van der Waals surface area contributed by atoms with Crippen LogP contribution in [0.25, 0.3) is 0 Å². The number of carboxylic acids is 1. The van der Waals surface area contributed by atoms with Gasteiger partial charge in [-0.15, -0.1) is 0 Å². The molecule has 1 amide bonds. The Kier molecular flexibility index (Phi) is 5.17. The molecule has 8 nitrogen and oxygen atoms in total. The van der Waals surface area contributed by atoms with Gasteiger partial charge < -0.3 is 15.2 Å². The maximum Gasteiger partial charge on any atom is 0.282 e. The van der Waals surface area contributed by atoms with Crippen LogP contribution in [0, 0.1) is 10.1 Å². The summed E-state index contributed by atoms with van der Waals surface area (Å²) in [6.07, 6.45) is 0. The summed E-state index contributed by atoms with van der Waals surface area (Å²) in [5.41, 5.74) is -0.544. The molecule has 2 rings (SSSR count). The molecular weight excluding hydrogens is 334 g/mol. The van der Waals surface area contributed by atoms with Gasteiger partial charge in [-0.25, -0.2) is 0 Å². The molecule has 0 bridgehead atoms. The number of carbonyl (C=O) groups excluding carboxylic acids is 2. The van der Waals surface area contributed by atoms with Crippen LogP contribution in [0.2, 0.25) is 0 Å². The molecule has 0 heterocycles. The number of carbonyl (C=O) groups is 2. The Labute approximate surface area is 141 Å². The van der Waals surface area contributed by atoms with Crippen LogP contribution >= 0.6 is 12.2 Å². The molecule has 9 heteroatoms. The number of aromatic carboxylic acids is 1. The fraction of sp³-hybridized carbons (Fsp3) is 0. The van der Waals surface area contributed by atoms with E-state index in [4.69, 9.17) is 12.2 Å². The molecule has 0 aliphatic carbocycles. The quantitative estimate of drug-likeness (QED) is 0.483. The minimum absolute atomic E-state index is 0.130. The van der Waals surface area contributed by atoms with Crippen LogP contribution in [-0.4, -0.2) is 21.9 Å². The number of anilines is 1. The molecule has 2 N–H and O–H groups in total. The Morgan fingerprint density at radius 3 is 2.21 bits per heavy atom. The normalized spacial score (nSPS) is 9.83. The molecule has 122 valence electrons. The second kappa shape index (κ2) is 7.29. The zero-order valence-electron chi connectivity index (χ0n) is 12.0. The average molecular weight is 344 g/mol. The molecule has 0 fully saturated rings. The minimum atomic E-state index is -1.41. The number of para-hydroxylation sites is 2. The first-order chi connectivity index (χ1) is 11.4. The fourth-order valence-electron chi connectivity index (χ4n) is 1.92. The van der Waals surface area contributed by atoms with E-state index in [1.54, 1.807) is 6.07 Å². The van der Waals surface area contributed by atoms with Crippen molar-refractivity contribution in [1.82, 2.24) is 5.32 Å². The lowest BCUT2D eigenvalue weighted by Crippen LogP contribution is -2.35. The third kappa shape index (κ3) is 3.90. The summed E-state index contributed by atoms with van der Waals surface area (Å²) in [7, 11) is 0. The van der Waals surface area contributed by atoms with Crippen molar-refractivity contribution < 1.29 is 19.6 Å². The van der Waals surface area contributed by atoms with Crippen LogP contribution in [0.4, 0.5) is 11.4 Å². The van der Waals surface area contributed by atoms with E-state index in [1.807, 2.05) is 0 Å². The molecular formula is C15H10N3O5S-. The van der Waals surface area contributed by atoms with Crippen LogP contribution in [0.1, 0.15) is 20.7 Å². The monoisotopic (exact) mass is 344 g/mol. The number of hydrogen-bond donors (Lipinski definition) is 2. The van der Waals surface area contributed by atoms with Gasteiger partial charge in [0.15, 0.2) is 5.11 Å². The van der Waals surface area contributed by atoms with Crippen LogP contribution in [-0.2, 0) is 0 Å². The molecule has 24 heavy (non-hydrogen) atoms. The van der Waals surface area contributed by atoms with Crippen molar-refractivity contribution >= 4 is 40.6 Å². The van der Waals surface area contributed by atoms with Crippen LogP contribution in [0.3, 0.4) is 0 Å². The highest BCUT2D eigenvalue weighted by atomic mass is 32.1. The summed E-state index contributed by atoms with van der Waals surface area (Å²) < 4.78 is 0. The van der Waals surface area contributed by atoms with Gasteiger partial charge in [-0.3, -0.25) is 20.2 Å². The average Bonchev–Trinajstić information content (AvgIpc) is 2.54. The number of nitro groups is 1. The number of nitrogens with one attached hydrogen (secondary N) is 2. The van der Waals surface area contributed by atoms with Crippen molar-refractivity contribution in [1.29, 1.82) is 0 Å². The van der Waals surface area contributed by atoms with Gasteiger partial charge in [0.1, 0.15) is 5.56 Å². The lowest BCUT2D eigenvalue weighted by molar-refractivity contribution is -0.385. The fourth-order valence-corrected chi connectivity index (χ4v) is 2.12. The van der Waals surface area contributed by atoms with Gasteiger partial charge in [0.25, 0.3) is 11.6 Å². The molecule has 0 aromatic heterocycles. The maximum absolute atomic E-state index is 12.1. The Balaban J connectivity index is 2.15. The number of hydrogen-bond acceptors (Lipinski definition) is 6. The minimum Gasteiger partial charge on any atom is -0.545 e. The lowest BCUT2D eigenvalue weighted by atomic mass is 10.1. The largest absolute Gasteiger partial charge is 0.545 e. The van der Waals surface area contributed by atoms with Gasteiger partial charge in [-0.1, -0.05) is 30.3 Å². The Hall–Kier alpha value is -3.33. The summed E-state index contributed by atoms with van der Waals surface area (Å²) in [5.74, 6) is -2.20. The topological polar surface area (TPSA) is 124 Å². The van der Waals surface area contributed by atoms with Crippen molar-refractivity contribution in [3.05, 3.63) is 69.8 Å². The highest BCUT2D eigenvalue weighted by Gasteiger charge is 2.20. The van der Waals surface area contributed by atoms with Gasteiger partial charge in [-0.2, -0.15) is 0 Å². The summed E-state index contributed by atoms with van der Waals surface area (Å²) in [4.78, 5) is 33.4. The summed E-state index contributed by atoms with van der Waals surface area (Å²) >= 11 is 4.94. The van der Waals surface area contributed by atoms with E-state index in [1.165, 1.54) is 42.5 Å². The van der Waals surface area contributed by atoms with E-state index in [0.29, 0.717) is 0 Å². The van der Waals surface area contributed by atoms with Crippen LogP contribution in [0.5, 0.6) is 0 Å². The maximum atomic E-state index is 12.1. The van der Waals surface area contributed by atoms with Gasteiger partial charge >= 0.3 is 0 Å². The van der Waals surface area contributed by atoms with Crippen molar-refractivity contribution in [3.63, 3.8) is 0 Å². The zero-order chi connectivity index (χ0) is 17.7. The van der Waals surface area contributed by atoms with Crippen molar-refractivity contribution in [3.8, 4) is 0 Å². The predicted molar refractivity (Wildman–Crippen MR) is 87.6 cm³/mol. The first-order valence-electron chi connectivity index (χ1n) is 6.56. The number of thiocarbonyl (C=S) groups is 1. The van der Waals surface area contributed by atoms with Gasteiger partial charge in [0.2, 0.25) is 0 Å². The number of amides is 1. The second-order valence-electron chi connectivity index (χ2n) is 4.52. The molecule has 0 aliphatic rings. The van der Waals surface area contributed by atoms with E-state index >= 15 is 0 Å². The van der Waals surface area contributed by atoms with Gasteiger partial charge in [-0.05, 0) is 24.4 Å². The Morgan fingerprint density at radius 1 is 1.00 bits per heavy atom. The van der Waals surface area contributed by atoms with Crippen molar-refractivity contribution in [2.75, 3.05) is 5.32 Å². The number of carboxylic acid groups (broad SMARTS) is 1. The number of rotatable bonds is 4. The SMILES string of the molecule is O=C([O-])c1ccccc1NC(=S)NC(=O)c1ccccc1[N+](=O)[O-]. The highest BCUT2D eigenvalue weighted by molar-refractivity contribution is 7.80. The first kappa shape index (κ1) is 17.0. The number of nitro benzene ring substituents is 1.